The number of carboxylic acids is 1. The number of rotatable bonds is 3. The molecule has 1 heterocycles. The highest BCUT2D eigenvalue weighted by atomic mass is 16.4. The third-order valence-electron chi connectivity index (χ3n) is 4.50. The average Bonchev–Trinajstić information content (AvgIpc) is 2.69. The summed E-state index contributed by atoms with van der Waals surface area (Å²) in [7, 11) is 0. The maximum Gasteiger partial charge on any atom is 0.354 e. The number of aromatic nitrogens is 1. The van der Waals surface area contributed by atoms with Crippen molar-refractivity contribution in [1.29, 1.82) is 0 Å². The molecule has 0 bridgehead atoms. The highest BCUT2D eigenvalue weighted by Gasteiger charge is 2.68. The van der Waals surface area contributed by atoms with Gasteiger partial charge in [-0.05, 0) is 23.0 Å². The summed E-state index contributed by atoms with van der Waals surface area (Å²) in [6, 6.07) is 4.55. The number of amides is 1. The van der Waals surface area contributed by atoms with E-state index in [0.29, 0.717) is 0 Å². The van der Waals surface area contributed by atoms with Gasteiger partial charge in [0, 0.05) is 5.92 Å². The lowest BCUT2D eigenvalue weighted by atomic mass is 10.0. The third kappa shape index (κ3) is 2.09. The fraction of sp³-hybridized carbons (Fsp3) is 0.500. The molecule has 0 radical (unpaired) electrons. The molecule has 0 aliphatic heterocycles. The second-order valence-corrected chi connectivity index (χ2v) is 6.08. The average molecular weight is 262 g/mol. The first kappa shape index (κ1) is 13.5. The van der Waals surface area contributed by atoms with Gasteiger partial charge in [0.2, 0.25) is 5.91 Å². The Morgan fingerprint density at radius 2 is 1.79 bits per heavy atom. The number of aromatic carboxylic acids is 1. The van der Waals surface area contributed by atoms with Crippen molar-refractivity contribution in [3.8, 4) is 0 Å². The van der Waals surface area contributed by atoms with Crippen LogP contribution < -0.4 is 5.32 Å². The molecule has 0 saturated heterocycles. The van der Waals surface area contributed by atoms with Crippen LogP contribution in [0, 0.1) is 16.7 Å². The van der Waals surface area contributed by atoms with E-state index in [1.807, 2.05) is 0 Å². The van der Waals surface area contributed by atoms with Crippen LogP contribution in [-0.4, -0.2) is 22.0 Å². The zero-order chi connectivity index (χ0) is 14.4. The Hall–Kier alpha value is -1.91. The van der Waals surface area contributed by atoms with E-state index in [-0.39, 0.29) is 34.2 Å². The van der Waals surface area contributed by atoms with Crippen LogP contribution in [0.4, 0.5) is 5.82 Å². The van der Waals surface area contributed by atoms with Gasteiger partial charge in [-0.2, -0.15) is 0 Å². The summed E-state index contributed by atoms with van der Waals surface area (Å²) >= 11 is 0. The predicted octanol–water partition coefficient (Wildman–Crippen LogP) is 2.40. The number of nitrogens with one attached hydrogen (secondary N) is 1. The molecule has 0 aromatic carbocycles. The number of hydrogen-bond acceptors (Lipinski definition) is 3. The monoisotopic (exact) mass is 262 g/mol. The Kier molecular flexibility index (Phi) is 2.88. The van der Waals surface area contributed by atoms with E-state index in [2.05, 4.69) is 38.0 Å². The van der Waals surface area contributed by atoms with Crippen LogP contribution >= 0.6 is 0 Å². The van der Waals surface area contributed by atoms with Crippen molar-refractivity contribution in [1.82, 2.24) is 4.98 Å². The first-order chi connectivity index (χ1) is 8.68. The van der Waals surface area contributed by atoms with Crippen LogP contribution in [0.3, 0.4) is 0 Å². The molecule has 2 rings (SSSR count). The zero-order valence-electron chi connectivity index (χ0n) is 11.5. The van der Waals surface area contributed by atoms with E-state index in [1.165, 1.54) is 6.07 Å². The number of anilines is 1. The molecule has 5 nitrogen and oxygen atoms in total. The van der Waals surface area contributed by atoms with E-state index >= 15 is 0 Å². The Morgan fingerprint density at radius 3 is 2.26 bits per heavy atom. The number of carboxylic acid groups (broad SMARTS) is 1. The van der Waals surface area contributed by atoms with E-state index in [1.54, 1.807) is 12.1 Å². The third-order valence-corrected chi connectivity index (χ3v) is 4.50. The number of carbonyl (C=O) groups excluding carboxylic acids is 1. The van der Waals surface area contributed by atoms with Gasteiger partial charge in [0.25, 0.3) is 0 Å². The fourth-order valence-electron chi connectivity index (χ4n) is 2.67. The van der Waals surface area contributed by atoms with E-state index in [0.717, 1.165) is 0 Å². The van der Waals surface area contributed by atoms with Crippen molar-refractivity contribution in [2.75, 3.05) is 5.32 Å². The van der Waals surface area contributed by atoms with Crippen LogP contribution in [-0.2, 0) is 4.79 Å². The minimum absolute atomic E-state index is 0.0541. The molecule has 1 aliphatic rings. The SMILES string of the molecule is CC1(C)C(C(=O)Nc2cccc(C(=O)O)n2)C1(C)C. The second kappa shape index (κ2) is 4.05. The molecule has 0 spiro atoms. The molecule has 1 fully saturated rings. The van der Waals surface area contributed by atoms with Gasteiger partial charge in [0.1, 0.15) is 5.82 Å². The van der Waals surface area contributed by atoms with Crippen LogP contribution in [0.1, 0.15) is 38.2 Å². The molecular formula is C14H18N2O3. The highest BCUT2D eigenvalue weighted by molar-refractivity contribution is 5.96. The van der Waals surface area contributed by atoms with Gasteiger partial charge in [0.15, 0.2) is 5.69 Å². The van der Waals surface area contributed by atoms with Crippen molar-refractivity contribution in [2.45, 2.75) is 27.7 Å². The molecule has 1 aromatic heterocycles. The molecule has 1 aliphatic carbocycles. The highest BCUT2D eigenvalue weighted by Crippen LogP contribution is 2.68. The molecule has 1 saturated carbocycles. The maximum atomic E-state index is 12.2. The van der Waals surface area contributed by atoms with Crippen molar-refractivity contribution < 1.29 is 14.7 Å². The van der Waals surface area contributed by atoms with E-state index < -0.39 is 5.97 Å². The Labute approximate surface area is 112 Å². The van der Waals surface area contributed by atoms with Gasteiger partial charge in [-0.25, -0.2) is 9.78 Å². The largest absolute Gasteiger partial charge is 0.477 e. The quantitative estimate of drug-likeness (QED) is 0.876. The smallest absolute Gasteiger partial charge is 0.354 e. The number of pyridine rings is 1. The summed E-state index contributed by atoms with van der Waals surface area (Å²) < 4.78 is 0. The lowest BCUT2D eigenvalue weighted by Crippen LogP contribution is -2.19. The van der Waals surface area contributed by atoms with Gasteiger partial charge >= 0.3 is 5.97 Å². The molecule has 0 unspecified atom stereocenters. The summed E-state index contributed by atoms with van der Waals surface area (Å²) in [5.74, 6) is -1.02. The summed E-state index contributed by atoms with van der Waals surface area (Å²) in [5.41, 5.74) is -0.185. The van der Waals surface area contributed by atoms with Gasteiger partial charge in [-0.15, -0.1) is 0 Å². The van der Waals surface area contributed by atoms with Crippen molar-refractivity contribution >= 4 is 17.7 Å². The standard InChI is InChI=1S/C14H18N2O3/c1-13(2)10(14(13,3)4)11(17)16-9-7-5-6-8(15-9)12(18)19/h5-7,10H,1-4H3,(H,18,19)(H,15,16,17). The summed E-state index contributed by atoms with van der Waals surface area (Å²) in [5, 5.41) is 11.6. The minimum atomic E-state index is -1.11. The van der Waals surface area contributed by atoms with Gasteiger partial charge < -0.3 is 10.4 Å². The van der Waals surface area contributed by atoms with Gasteiger partial charge in [0.05, 0.1) is 0 Å². The van der Waals surface area contributed by atoms with Gasteiger partial charge in [-0.3, -0.25) is 4.79 Å². The molecule has 1 aromatic rings. The molecular weight excluding hydrogens is 244 g/mol. The number of carbonyl (C=O) groups is 2. The van der Waals surface area contributed by atoms with Crippen molar-refractivity contribution in [2.24, 2.45) is 16.7 Å². The lowest BCUT2D eigenvalue weighted by Gasteiger charge is -2.06. The fourth-order valence-corrected chi connectivity index (χ4v) is 2.67. The normalized spacial score (nSPS) is 19.8. The Morgan fingerprint density at radius 1 is 1.21 bits per heavy atom. The number of nitrogens with zero attached hydrogens (tertiary/aromatic N) is 1. The summed E-state index contributed by atoms with van der Waals surface area (Å²) in [6.07, 6.45) is 0. The van der Waals surface area contributed by atoms with Crippen molar-refractivity contribution in [3.63, 3.8) is 0 Å². The van der Waals surface area contributed by atoms with Crippen LogP contribution in [0.2, 0.25) is 0 Å². The summed E-state index contributed by atoms with van der Waals surface area (Å²) in [4.78, 5) is 26.9. The van der Waals surface area contributed by atoms with Crippen molar-refractivity contribution in [3.05, 3.63) is 23.9 Å². The molecule has 102 valence electrons. The van der Waals surface area contributed by atoms with Gasteiger partial charge in [-0.1, -0.05) is 33.8 Å². The molecule has 1 amide bonds. The topological polar surface area (TPSA) is 79.3 Å². The number of hydrogen-bond donors (Lipinski definition) is 2. The molecule has 19 heavy (non-hydrogen) atoms. The molecule has 5 heteroatoms. The zero-order valence-corrected chi connectivity index (χ0v) is 11.5. The first-order valence-corrected chi connectivity index (χ1v) is 6.19. The molecule has 0 atom stereocenters. The molecule has 2 N–H and O–H groups in total. The Balaban J connectivity index is 2.13. The second-order valence-electron chi connectivity index (χ2n) is 6.08. The summed E-state index contributed by atoms with van der Waals surface area (Å²) in [6.45, 7) is 8.22. The lowest BCUT2D eigenvalue weighted by molar-refractivity contribution is -0.118. The Bertz CT molecular complexity index is 535. The van der Waals surface area contributed by atoms with Crippen LogP contribution in [0.25, 0.3) is 0 Å². The van der Waals surface area contributed by atoms with Crippen LogP contribution in [0.15, 0.2) is 18.2 Å². The van der Waals surface area contributed by atoms with E-state index in [9.17, 15) is 9.59 Å². The first-order valence-electron chi connectivity index (χ1n) is 6.19. The van der Waals surface area contributed by atoms with E-state index in [4.69, 9.17) is 5.11 Å². The van der Waals surface area contributed by atoms with Crippen LogP contribution in [0.5, 0.6) is 0 Å². The maximum absolute atomic E-state index is 12.2. The predicted molar refractivity (Wildman–Crippen MR) is 70.9 cm³/mol. The minimum Gasteiger partial charge on any atom is -0.477 e.